The molecular formula is C65H41N5O. The summed E-state index contributed by atoms with van der Waals surface area (Å²) in [6, 6.07) is 87.7. The highest BCUT2D eigenvalue weighted by Gasteiger charge is 2.46. The third kappa shape index (κ3) is 6.49. The van der Waals surface area contributed by atoms with Crippen molar-refractivity contribution in [3.63, 3.8) is 0 Å². The summed E-state index contributed by atoms with van der Waals surface area (Å²) in [5, 5.41) is 2.27. The van der Waals surface area contributed by atoms with E-state index in [-0.39, 0.29) is 0 Å². The van der Waals surface area contributed by atoms with Gasteiger partial charge in [0.2, 0.25) is 5.89 Å². The Kier molecular flexibility index (Phi) is 9.32. The number of fused-ring (bicyclic) bond motifs is 7. The summed E-state index contributed by atoms with van der Waals surface area (Å²) in [5.41, 5.74) is 17.4. The van der Waals surface area contributed by atoms with E-state index in [0.29, 0.717) is 28.9 Å². The van der Waals surface area contributed by atoms with Crippen molar-refractivity contribution in [2.45, 2.75) is 5.41 Å². The van der Waals surface area contributed by atoms with Crippen LogP contribution in [0.5, 0.6) is 0 Å². The Labute approximate surface area is 409 Å². The van der Waals surface area contributed by atoms with Crippen LogP contribution < -0.4 is 0 Å². The number of para-hydroxylation sites is 3. The molecule has 332 valence electrons. The zero-order valence-corrected chi connectivity index (χ0v) is 38.3. The van der Waals surface area contributed by atoms with Crippen LogP contribution in [0.25, 0.3) is 106 Å². The maximum Gasteiger partial charge on any atom is 0.227 e. The minimum absolute atomic E-state index is 0.473. The van der Waals surface area contributed by atoms with Crippen molar-refractivity contribution in [1.82, 2.24) is 24.5 Å². The lowest BCUT2D eigenvalue weighted by Gasteiger charge is -2.34. The molecular weight excluding hydrogens is 867 g/mol. The van der Waals surface area contributed by atoms with Gasteiger partial charge in [0.05, 0.1) is 22.0 Å². The van der Waals surface area contributed by atoms with Crippen LogP contribution >= 0.6 is 0 Å². The lowest BCUT2D eigenvalue weighted by molar-refractivity contribution is 0.620. The minimum Gasteiger partial charge on any atom is -0.435 e. The molecule has 10 aromatic carbocycles. The maximum atomic E-state index is 6.73. The number of oxazole rings is 1. The van der Waals surface area contributed by atoms with Crippen LogP contribution in [0.2, 0.25) is 0 Å². The van der Waals surface area contributed by atoms with Gasteiger partial charge in [-0.15, -0.1) is 0 Å². The molecule has 3 aromatic heterocycles. The molecule has 3 heterocycles. The average molecular weight is 908 g/mol. The van der Waals surface area contributed by atoms with Crippen molar-refractivity contribution >= 4 is 32.9 Å². The largest absolute Gasteiger partial charge is 0.435 e. The summed E-state index contributed by atoms with van der Waals surface area (Å²) in [6.07, 6.45) is 0. The SMILES string of the molecule is c1ccc(-c2nc(-c3ccc4c(c3)c3ccccc3n4-c3ccccc3)nc(-c3cccc4nc(-c5ccc(-c6ccc7c(c6)C(c6ccccc6)(c6ccccc6)c6ccccc6-7)cc5)oc34)n2)cc1. The maximum absolute atomic E-state index is 6.73. The molecule has 0 spiro atoms. The smallest absolute Gasteiger partial charge is 0.227 e. The van der Waals surface area contributed by atoms with E-state index in [1.807, 2.05) is 54.6 Å². The van der Waals surface area contributed by atoms with Crippen molar-refractivity contribution in [3.05, 3.63) is 271 Å². The van der Waals surface area contributed by atoms with Gasteiger partial charge >= 0.3 is 0 Å². The van der Waals surface area contributed by atoms with Gasteiger partial charge in [0, 0.05) is 33.2 Å². The molecule has 0 atom stereocenters. The summed E-state index contributed by atoms with van der Waals surface area (Å²) in [4.78, 5) is 20.5. The molecule has 0 bridgehead atoms. The van der Waals surface area contributed by atoms with E-state index < -0.39 is 5.41 Å². The second-order valence-corrected chi connectivity index (χ2v) is 18.1. The number of benzene rings is 10. The molecule has 6 heteroatoms. The standard InChI is InChI=1S/C65H41N5O/c1-5-18-43(19-6-1)61-67-62(46-37-39-59-54(40-46)52-27-14-16-31-58(52)70(59)49-24-11-4-12-25-49)69-63(68-61)53-28-17-30-57-60(53)71-64(66-57)44-34-32-42(33-35-44)45-36-38-51-50-26-13-15-29-55(50)65(56(51)41-45,47-20-7-2-8-21-47)48-22-9-3-10-23-48/h1-41H. The van der Waals surface area contributed by atoms with Crippen molar-refractivity contribution in [2.24, 2.45) is 0 Å². The van der Waals surface area contributed by atoms with Gasteiger partial charge in [-0.1, -0.05) is 182 Å². The Morgan fingerprint density at radius 2 is 0.901 bits per heavy atom. The van der Waals surface area contributed by atoms with Crippen molar-refractivity contribution in [1.29, 1.82) is 0 Å². The molecule has 0 N–H and O–H groups in total. The Balaban J connectivity index is 0.851. The average Bonchev–Trinajstić information content (AvgIpc) is 4.13. The minimum atomic E-state index is -0.473. The van der Waals surface area contributed by atoms with E-state index in [9.17, 15) is 0 Å². The van der Waals surface area contributed by atoms with Crippen LogP contribution in [0.1, 0.15) is 22.3 Å². The van der Waals surface area contributed by atoms with Gasteiger partial charge in [0.25, 0.3) is 0 Å². The number of hydrogen-bond donors (Lipinski definition) is 0. The predicted molar refractivity (Wildman–Crippen MR) is 286 cm³/mol. The number of aromatic nitrogens is 5. The second-order valence-electron chi connectivity index (χ2n) is 18.1. The molecule has 13 aromatic rings. The van der Waals surface area contributed by atoms with Crippen LogP contribution in [0.4, 0.5) is 0 Å². The molecule has 0 fully saturated rings. The first-order valence-corrected chi connectivity index (χ1v) is 24.0. The molecule has 6 nitrogen and oxygen atoms in total. The van der Waals surface area contributed by atoms with Gasteiger partial charge in [-0.3, -0.25) is 0 Å². The molecule has 71 heavy (non-hydrogen) atoms. The van der Waals surface area contributed by atoms with Gasteiger partial charge in [0.15, 0.2) is 23.1 Å². The summed E-state index contributed by atoms with van der Waals surface area (Å²) in [5.74, 6) is 2.17. The number of nitrogens with zero attached hydrogens (tertiary/aromatic N) is 5. The third-order valence-corrected chi connectivity index (χ3v) is 14.2. The van der Waals surface area contributed by atoms with E-state index >= 15 is 0 Å². The van der Waals surface area contributed by atoms with E-state index in [1.165, 1.54) is 33.4 Å². The van der Waals surface area contributed by atoms with Crippen molar-refractivity contribution < 1.29 is 4.42 Å². The molecule has 0 saturated carbocycles. The van der Waals surface area contributed by atoms with Crippen LogP contribution in [0.3, 0.4) is 0 Å². The van der Waals surface area contributed by atoms with Crippen molar-refractivity contribution in [2.75, 3.05) is 0 Å². The summed E-state index contributed by atoms with van der Waals surface area (Å²) >= 11 is 0. The van der Waals surface area contributed by atoms with E-state index in [0.717, 1.165) is 66.4 Å². The third-order valence-electron chi connectivity index (χ3n) is 14.2. The molecule has 0 aliphatic heterocycles. The predicted octanol–water partition coefficient (Wildman–Crippen LogP) is 15.8. The number of hydrogen-bond acceptors (Lipinski definition) is 5. The first-order valence-electron chi connectivity index (χ1n) is 24.0. The highest BCUT2D eigenvalue weighted by atomic mass is 16.3. The summed E-state index contributed by atoms with van der Waals surface area (Å²) in [6.45, 7) is 0. The Bertz CT molecular complexity index is 4110. The van der Waals surface area contributed by atoms with Gasteiger partial charge < -0.3 is 8.98 Å². The molecule has 14 rings (SSSR count). The molecule has 1 aliphatic carbocycles. The van der Waals surface area contributed by atoms with Gasteiger partial charge in [-0.05, 0) is 111 Å². The molecule has 0 unspecified atom stereocenters. The van der Waals surface area contributed by atoms with Crippen LogP contribution in [-0.2, 0) is 5.41 Å². The second kappa shape index (κ2) is 16.3. The van der Waals surface area contributed by atoms with E-state index in [4.69, 9.17) is 24.4 Å². The monoisotopic (exact) mass is 907 g/mol. The Morgan fingerprint density at radius 3 is 1.66 bits per heavy atom. The van der Waals surface area contributed by atoms with Crippen LogP contribution in [0, 0.1) is 0 Å². The zero-order chi connectivity index (χ0) is 46.9. The van der Waals surface area contributed by atoms with E-state index in [1.54, 1.807) is 0 Å². The van der Waals surface area contributed by atoms with Gasteiger partial charge in [-0.2, -0.15) is 0 Å². The highest BCUT2D eigenvalue weighted by molar-refractivity contribution is 6.10. The van der Waals surface area contributed by atoms with Gasteiger partial charge in [-0.25, -0.2) is 19.9 Å². The first kappa shape index (κ1) is 40.5. The zero-order valence-electron chi connectivity index (χ0n) is 38.3. The van der Waals surface area contributed by atoms with Crippen LogP contribution in [0.15, 0.2) is 253 Å². The quantitative estimate of drug-likeness (QED) is 0.152. The lowest BCUT2D eigenvalue weighted by Crippen LogP contribution is -2.28. The molecule has 0 saturated heterocycles. The lowest BCUT2D eigenvalue weighted by atomic mass is 9.67. The molecule has 0 radical (unpaired) electrons. The summed E-state index contributed by atoms with van der Waals surface area (Å²) < 4.78 is 9.05. The highest BCUT2D eigenvalue weighted by Crippen LogP contribution is 2.56. The van der Waals surface area contributed by atoms with E-state index in [2.05, 4.69) is 199 Å². The summed E-state index contributed by atoms with van der Waals surface area (Å²) in [7, 11) is 0. The topological polar surface area (TPSA) is 69.6 Å². The van der Waals surface area contributed by atoms with Crippen LogP contribution in [-0.4, -0.2) is 24.5 Å². The molecule has 0 amide bonds. The normalized spacial score (nSPS) is 12.6. The Hall–Kier alpha value is -9.52. The fraction of sp³-hybridized carbons (Fsp3) is 0.0154. The van der Waals surface area contributed by atoms with Crippen molar-refractivity contribution in [3.8, 4) is 73.6 Å². The molecule has 1 aliphatic rings. The number of rotatable bonds is 8. The Morgan fingerprint density at radius 1 is 0.338 bits per heavy atom. The van der Waals surface area contributed by atoms with Gasteiger partial charge in [0.1, 0.15) is 5.52 Å². The fourth-order valence-electron chi connectivity index (χ4n) is 11.0. The first-order chi connectivity index (χ1) is 35.2. The fourth-order valence-corrected chi connectivity index (χ4v) is 11.0.